The van der Waals surface area contributed by atoms with Crippen LogP contribution in [0, 0.1) is 11.8 Å². The Morgan fingerprint density at radius 2 is 2.44 bits per heavy atom. The summed E-state index contributed by atoms with van der Waals surface area (Å²) < 4.78 is 0. The third-order valence-electron chi connectivity index (χ3n) is 2.21. The molecule has 1 heterocycles. The van der Waals surface area contributed by atoms with Crippen molar-refractivity contribution < 1.29 is 9.90 Å². The number of nitrogens with zero attached hydrogens (tertiary/aromatic N) is 4. The fourth-order valence-electron chi connectivity index (χ4n) is 1.46. The van der Waals surface area contributed by atoms with Crippen LogP contribution in [0.25, 0.3) is 21.3 Å². The summed E-state index contributed by atoms with van der Waals surface area (Å²) in [4.78, 5) is 13.5. The molecule has 0 radical (unpaired) electrons. The maximum absolute atomic E-state index is 10.9. The Morgan fingerprint density at radius 1 is 1.61 bits per heavy atom. The molecular formula is C11H7N5O2. The first-order valence-electron chi connectivity index (χ1n) is 4.93. The lowest BCUT2D eigenvalue weighted by Gasteiger charge is -1.92. The number of hydrogen-bond acceptors (Lipinski definition) is 3. The van der Waals surface area contributed by atoms with Crippen LogP contribution >= 0.6 is 0 Å². The van der Waals surface area contributed by atoms with Crippen molar-refractivity contribution in [3.63, 3.8) is 0 Å². The highest BCUT2D eigenvalue weighted by molar-refractivity contribution is 6.01. The average molecular weight is 241 g/mol. The van der Waals surface area contributed by atoms with Crippen molar-refractivity contribution in [1.82, 2.24) is 10.2 Å². The van der Waals surface area contributed by atoms with Gasteiger partial charge in [-0.15, -0.1) is 0 Å². The fourth-order valence-corrected chi connectivity index (χ4v) is 1.46. The summed E-state index contributed by atoms with van der Waals surface area (Å²) in [5, 5.41) is 19.0. The molecule has 18 heavy (non-hydrogen) atoms. The molecule has 7 heteroatoms. The second-order valence-electron chi connectivity index (χ2n) is 3.33. The van der Waals surface area contributed by atoms with Crippen LogP contribution in [0.4, 0.5) is 0 Å². The molecule has 2 aromatic rings. The Labute approximate surface area is 101 Å². The third-order valence-corrected chi connectivity index (χ3v) is 2.21. The van der Waals surface area contributed by atoms with Crippen molar-refractivity contribution in [2.75, 3.05) is 6.54 Å². The van der Waals surface area contributed by atoms with Crippen LogP contribution in [0.15, 0.2) is 23.3 Å². The summed E-state index contributed by atoms with van der Waals surface area (Å²) in [6.45, 7) is 0.0751. The summed E-state index contributed by atoms with van der Waals surface area (Å²) in [5.41, 5.74) is 9.32. The lowest BCUT2D eigenvalue weighted by Crippen LogP contribution is -1.96. The Kier molecular flexibility index (Phi) is 3.14. The number of rotatable bonds is 2. The van der Waals surface area contributed by atoms with E-state index in [4.69, 9.17) is 10.6 Å². The van der Waals surface area contributed by atoms with Gasteiger partial charge in [-0.1, -0.05) is 17.0 Å². The van der Waals surface area contributed by atoms with Crippen LogP contribution in [0.2, 0.25) is 0 Å². The van der Waals surface area contributed by atoms with Crippen LogP contribution < -0.4 is 0 Å². The van der Waals surface area contributed by atoms with E-state index in [1.54, 1.807) is 18.2 Å². The number of aromatic carboxylic acids is 1. The zero-order valence-electron chi connectivity index (χ0n) is 9.08. The highest BCUT2D eigenvalue weighted by Gasteiger charge is 2.12. The zero-order chi connectivity index (χ0) is 13.0. The van der Waals surface area contributed by atoms with Crippen LogP contribution in [0.5, 0.6) is 0 Å². The first-order valence-corrected chi connectivity index (χ1v) is 4.93. The van der Waals surface area contributed by atoms with Gasteiger partial charge in [-0.3, -0.25) is 5.10 Å². The van der Waals surface area contributed by atoms with Gasteiger partial charge in [-0.25, -0.2) is 4.79 Å². The van der Waals surface area contributed by atoms with Crippen molar-refractivity contribution in [3.05, 3.63) is 39.9 Å². The minimum absolute atomic E-state index is 0.0382. The predicted octanol–water partition coefficient (Wildman–Crippen LogP) is 1.92. The molecule has 0 atom stereocenters. The molecule has 1 aromatic heterocycles. The lowest BCUT2D eigenvalue weighted by molar-refractivity contribution is 0.0692. The zero-order valence-corrected chi connectivity index (χ0v) is 9.08. The molecule has 0 saturated carbocycles. The average Bonchev–Trinajstić information content (AvgIpc) is 2.77. The van der Waals surface area contributed by atoms with Gasteiger partial charge in [0.15, 0.2) is 5.69 Å². The molecule has 2 rings (SSSR count). The van der Waals surface area contributed by atoms with Crippen LogP contribution in [-0.2, 0) is 0 Å². The maximum Gasteiger partial charge on any atom is 0.357 e. The van der Waals surface area contributed by atoms with Crippen LogP contribution in [0.1, 0.15) is 16.1 Å². The number of azide groups is 1. The van der Waals surface area contributed by atoms with E-state index in [-0.39, 0.29) is 12.2 Å². The molecule has 7 nitrogen and oxygen atoms in total. The molecule has 0 unspecified atom stereocenters. The fraction of sp³-hybridized carbons (Fsp3) is 0.0909. The topological polar surface area (TPSA) is 115 Å². The van der Waals surface area contributed by atoms with E-state index < -0.39 is 5.97 Å². The molecule has 0 aliphatic carbocycles. The molecule has 0 saturated heterocycles. The van der Waals surface area contributed by atoms with Crippen molar-refractivity contribution in [1.29, 1.82) is 0 Å². The summed E-state index contributed by atoms with van der Waals surface area (Å²) in [5.74, 6) is 4.34. The van der Waals surface area contributed by atoms with E-state index in [0.717, 1.165) is 0 Å². The molecular weight excluding hydrogens is 234 g/mol. The highest BCUT2D eigenvalue weighted by atomic mass is 16.4. The maximum atomic E-state index is 10.9. The number of H-pyrrole nitrogens is 1. The van der Waals surface area contributed by atoms with Gasteiger partial charge in [0.05, 0.1) is 12.1 Å². The van der Waals surface area contributed by atoms with Crippen molar-refractivity contribution in [2.24, 2.45) is 5.11 Å². The van der Waals surface area contributed by atoms with E-state index in [9.17, 15) is 4.79 Å². The third kappa shape index (κ3) is 2.24. The normalized spacial score (nSPS) is 9.33. The molecule has 2 N–H and O–H groups in total. The molecule has 0 fully saturated rings. The summed E-state index contributed by atoms with van der Waals surface area (Å²) >= 11 is 0. The minimum atomic E-state index is -1.10. The van der Waals surface area contributed by atoms with Gasteiger partial charge in [-0.2, -0.15) is 5.10 Å². The highest BCUT2D eigenvalue weighted by Crippen LogP contribution is 2.17. The molecule has 0 aliphatic heterocycles. The Balaban J connectivity index is 2.41. The second kappa shape index (κ2) is 4.91. The van der Waals surface area contributed by atoms with Gasteiger partial charge in [0.2, 0.25) is 0 Å². The van der Waals surface area contributed by atoms with Gasteiger partial charge in [0, 0.05) is 15.9 Å². The standard InChI is InChI=1S/C11H7N5O2/c12-16-13-5-1-2-7-3-4-9-8(6-7)10(11(17)18)15-14-9/h3-4,6H,5H2,(H,14,15)(H,17,18). The number of benzene rings is 1. The SMILES string of the molecule is [N-]=[N+]=NCC#Cc1ccc2[nH]nc(C(=O)O)c2c1. The monoisotopic (exact) mass is 241 g/mol. The number of carboxylic acids is 1. The molecule has 0 aliphatic rings. The molecule has 0 amide bonds. The van der Waals surface area contributed by atoms with E-state index in [2.05, 4.69) is 32.1 Å². The second-order valence-corrected chi connectivity index (χ2v) is 3.33. The van der Waals surface area contributed by atoms with Gasteiger partial charge in [-0.05, 0) is 23.7 Å². The van der Waals surface area contributed by atoms with Crippen LogP contribution in [-0.4, -0.2) is 27.8 Å². The van der Waals surface area contributed by atoms with Crippen molar-refractivity contribution >= 4 is 16.9 Å². The lowest BCUT2D eigenvalue weighted by atomic mass is 10.1. The number of aromatic nitrogens is 2. The van der Waals surface area contributed by atoms with E-state index >= 15 is 0 Å². The summed E-state index contributed by atoms with van der Waals surface area (Å²) in [7, 11) is 0. The molecule has 0 spiro atoms. The van der Waals surface area contributed by atoms with Gasteiger partial charge in [0.25, 0.3) is 0 Å². The quantitative estimate of drug-likeness (QED) is 0.362. The van der Waals surface area contributed by atoms with E-state index in [0.29, 0.717) is 16.5 Å². The molecule has 0 bridgehead atoms. The smallest absolute Gasteiger partial charge is 0.357 e. The van der Waals surface area contributed by atoms with Gasteiger partial charge in [0.1, 0.15) is 0 Å². The molecule has 88 valence electrons. The summed E-state index contributed by atoms with van der Waals surface area (Å²) in [6.07, 6.45) is 0. The Hall–Kier alpha value is -2.97. The number of carboxylic acid groups (broad SMARTS) is 1. The Bertz CT molecular complexity index is 716. The minimum Gasteiger partial charge on any atom is -0.476 e. The number of carbonyl (C=O) groups is 1. The van der Waals surface area contributed by atoms with Crippen molar-refractivity contribution in [3.8, 4) is 11.8 Å². The largest absolute Gasteiger partial charge is 0.476 e. The Morgan fingerprint density at radius 3 is 3.17 bits per heavy atom. The number of nitrogens with one attached hydrogen (secondary N) is 1. The van der Waals surface area contributed by atoms with E-state index in [1.807, 2.05) is 0 Å². The van der Waals surface area contributed by atoms with Crippen molar-refractivity contribution in [2.45, 2.75) is 0 Å². The number of fused-ring (bicyclic) bond motifs is 1. The number of aromatic amines is 1. The molecule has 1 aromatic carbocycles. The van der Waals surface area contributed by atoms with Crippen LogP contribution in [0.3, 0.4) is 0 Å². The van der Waals surface area contributed by atoms with Gasteiger partial charge < -0.3 is 5.11 Å². The number of hydrogen-bond donors (Lipinski definition) is 2. The van der Waals surface area contributed by atoms with E-state index in [1.165, 1.54) is 0 Å². The van der Waals surface area contributed by atoms with Gasteiger partial charge >= 0.3 is 5.97 Å². The first-order chi connectivity index (χ1) is 8.72. The first kappa shape index (κ1) is 11.5. The summed E-state index contributed by atoms with van der Waals surface area (Å²) in [6, 6.07) is 5.06. The predicted molar refractivity (Wildman–Crippen MR) is 63.9 cm³/mol.